The van der Waals surface area contributed by atoms with Gasteiger partial charge in [0.15, 0.2) is 22.9 Å². The average Bonchev–Trinajstić information content (AvgIpc) is 2.70. The van der Waals surface area contributed by atoms with Gasteiger partial charge in [0, 0.05) is 17.7 Å². The molecule has 1 N–H and O–H groups in total. The number of aromatic nitrogens is 2. The molecule has 0 amide bonds. The Balaban J connectivity index is 2.12. The molecule has 3 rings (SSSR count). The van der Waals surface area contributed by atoms with Crippen LogP contribution in [0.5, 0.6) is 0 Å². The maximum absolute atomic E-state index is 14.5. The predicted octanol–water partition coefficient (Wildman–Crippen LogP) is 4.49. The van der Waals surface area contributed by atoms with Crippen molar-refractivity contribution in [1.29, 1.82) is 0 Å². The summed E-state index contributed by atoms with van der Waals surface area (Å²) in [5, 5.41) is -0.570. The van der Waals surface area contributed by atoms with E-state index in [1.807, 2.05) is 0 Å². The number of hydrogen-bond donors (Lipinski definition) is 1. The zero-order valence-corrected chi connectivity index (χ0v) is 17.0. The van der Waals surface area contributed by atoms with Gasteiger partial charge < -0.3 is 4.85 Å². The minimum Gasteiger partial charge on any atom is -0.359 e. The highest BCUT2D eigenvalue weighted by Crippen LogP contribution is 2.33. The lowest BCUT2D eigenvalue weighted by Crippen LogP contribution is -2.18. The molecule has 0 saturated carbocycles. The van der Waals surface area contributed by atoms with Gasteiger partial charge >= 0.3 is 0 Å². The van der Waals surface area contributed by atoms with E-state index < -0.39 is 43.7 Å². The number of benzene rings is 2. The van der Waals surface area contributed by atoms with Crippen LogP contribution in [0.2, 0.25) is 5.02 Å². The van der Waals surface area contributed by atoms with E-state index in [4.69, 9.17) is 18.2 Å². The second kappa shape index (κ2) is 8.30. The lowest BCUT2D eigenvalue weighted by atomic mass is 10.0. The van der Waals surface area contributed by atoms with E-state index >= 15 is 0 Å². The SMILES string of the molecule is [C-]#[N+]c1cnc2ccc(C(=O)c3c(F)c(F)cc(NS(=O)(=O)CCC)c3Cl)cc2n1. The van der Waals surface area contributed by atoms with Crippen LogP contribution in [0.1, 0.15) is 29.3 Å². The molecule has 11 heteroatoms. The molecule has 0 fully saturated rings. The van der Waals surface area contributed by atoms with Crippen LogP contribution in [0.15, 0.2) is 30.5 Å². The standard InChI is InChI=1S/C19H13ClF2N4O3S/c1-3-6-30(28,29)26-14-8-11(21)18(22)16(17(14)20)19(27)10-4-5-12-13(7-10)25-15(23-2)9-24-12/h4-5,7-9,26H,3,6H2,1H3. The van der Waals surface area contributed by atoms with Crippen LogP contribution in [0.25, 0.3) is 15.9 Å². The van der Waals surface area contributed by atoms with Crippen LogP contribution in [-0.2, 0) is 10.0 Å². The summed E-state index contributed by atoms with van der Waals surface area (Å²) in [5.74, 6) is -4.20. The molecule has 0 radical (unpaired) electrons. The molecule has 0 atom stereocenters. The maximum atomic E-state index is 14.5. The fourth-order valence-corrected chi connectivity index (χ4v) is 4.17. The van der Waals surface area contributed by atoms with Crippen LogP contribution in [0.4, 0.5) is 20.3 Å². The van der Waals surface area contributed by atoms with Crippen LogP contribution >= 0.6 is 11.6 Å². The molecule has 3 aromatic rings. The van der Waals surface area contributed by atoms with E-state index in [0.717, 1.165) is 0 Å². The highest BCUT2D eigenvalue weighted by atomic mass is 35.5. The van der Waals surface area contributed by atoms with E-state index in [0.29, 0.717) is 11.6 Å². The molecular formula is C19H13ClF2N4O3S. The summed E-state index contributed by atoms with van der Waals surface area (Å²) in [5.41, 5.74) is -0.764. The summed E-state index contributed by atoms with van der Waals surface area (Å²) >= 11 is 6.08. The molecular weight excluding hydrogens is 438 g/mol. The van der Waals surface area contributed by atoms with E-state index in [2.05, 4.69) is 19.5 Å². The topological polar surface area (TPSA) is 93.4 Å². The van der Waals surface area contributed by atoms with Crippen LogP contribution in [0.3, 0.4) is 0 Å². The van der Waals surface area contributed by atoms with Gasteiger partial charge in [-0.3, -0.25) is 14.5 Å². The smallest absolute Gasteiger partial charge is 0.288 e. The quantitative estimate of drug-likeness (QED) is 0.339. The molecule has 7 nitrogen and oxygen atoms in total. The average molecular weight is 451 g/mol. The van der Waals surface area contributed by atoms with E-state index in [9.17, 15) is 22.0 Å². The summed E-state index contributed by atoms with van der Waals surface area (Å²) in [6.07, 6.45) is 1.54. The van der Waals surface area contributed by atoms with Crippen molar-refractivity contribution in [3.63, 3.8) is 0 Å². The third kappa shape index (κ3) is 4.22. The number of anilines is 1. The summed E-state index contributed by atoms with van der Waals surface area (Å²) in [6.45, 7) is 8.62. The normalized spacial score (nSPS) is 11.3. The summed E-state index contributed by atoms with van der Waals surface area (Å²) in [4.78, 5) is 24.1. The summed E-state index contributed by atoms with van der Waals surface area (Å²) < 4.78 is 54.7. The number of hydrogen-bond acceptors (Lipinski definition) is 5. The van der Waals surface area contributed by atoms with Gasteiger partial charge in [0.05, 0.1) is 28.2 Å². The number of ketones is 1. The molecule has 0 aliphatic carbocycles. The maximum Gasteiger partial charge on any atom is 0.288 e. The first kappa shape index (κ1) is 21.5. The number of rotatable bonds is 6. The second-order valence-corrected chi connectivity index (χ2v) is 8.42. The van der Waals surface area contributed by atoms with Crippen molar-refractivity contribution in [2.45, 2.75) is 13.3 Å². The van der Waals surface area contributed by atoms with Crippen molar-refractivity contribution in [2.75, 3.05) is 10.5 Å². The molecule has 0 spiro atoms. The van der Waals surface area contributed by atoms with E-state index in [1.165, 1.54) is 24.4 Å². The van der Waals surface area contributed by atoms with Crippen molar-refractivity contribution in [1.82, 2.24) is 9.97 Å². The Morgan fingerprint density at radius 1 is 1.27 bits per heavy atom. The highest BCUT2D eigenvalue weighted by molar-refractivity contribution is 7.92. The minimum absolute atomic E-state index is 0.00492. The third-order valence-electron chi connectivity index (χ3n) is 4.03. The molecule has 1 heterocycles. The minimum atomic E-state index is -3.86. The molecule has 30 heavy (non-hydrogen) atoms. The lowest BCUT2D eigenvalue weighted by Gasteiger charge is -2.13. The van der Waals surface area contributed by atoms with Gasteiger partial charge in [0.25, 0.3) is 5.82 Å². The number of sulfonamides is 1. The van der Waals surface area contributed by atoms with Gasteiger partial charge in [-0.05, 0) is 18.6 Å². The van der Waals surface area contributed by atoms with Crippen LogP contribution in [-0.4, -0.2) is 29.9 Å². The van der Waals surface area contributed by atoms with E-state index in [-0.39, 0.29) is 29.1 Å². The molecule has 1 aromatic heterocycles. The second-order valence-electron chi connectivity index (χ2n) is 6.20. The van der Waals surface area contributed by atoms with Gasteiger partial charge in [-0.25, -0.2) is 17.2 Å². The fourth-order valence-electron chi connectivity index (χ4n) is 2.71. The number of nitrogens with zero attached hydrogens (tertiary/aromatic N) is 3. The van der Waals surface area contributed by atoms with Gasteiger partial charge in [-0.2, -0.15) is 0 Å². The predicted molar refractivity (Wildman–Crippen MR) is 108 cm³/mol. The van der Waals surface area contributed by atoms with Crippen molar-refractivity contribution in [3.05, 3.63) is 69.7 Å². The first-order valence-electron chi connectivity index (χ1n) is 8.53. The van der Waals surface area contributed by atoms with Crippen molar-refractivity contribution < 1.29 is 22.0 Å². The Kier molecular flexibility index (Phi) is 5.96. The van der Waals surface area contributed by atoms with Crippen LogP contribution < -0.4 is 4.72 Å². The molecule has 0 aliphatic heterocycles. The first-order chi connectivity index (χ1) is 14.2. The van der Waals surface area contributed by atoms with Gasteiger partial charge in [0.2, 0.25) is 10.0 Å². The summed E-state index contributed by atoms with van der Waals surface area (Å²) in [6, 6.07) is 4.59. The number of carbonyl (C=O) groups excluding carboxylic acids is 1. The molecule has 0 bridgehead atoms. The molecule has 0 unspecified atom stereocenters. The van der Waals surface area contributed by atoms with Gasteiger partial charge in [0.1, 0.15) is 5.52 Å². The monoisotopic (exact) mass is 450 g/mol. The summed E-state index contributed by atoms with van der Waals surface area (Å²) in [7, 11) is -3.86. The Morgan fingerprint density at radius 2 is 2.00 bits per heavy atom. The highest BCUT2D eigenvalue weighted by Gasteiger charge is 2.26. The van der Waals surface area contributed by atoms with E-state index in [1.54, 1.807) is 6.92 Å². The first-order valence-corrected chi connectivity index (χ1v) is 10.6. The zero-order chi connectivity index (χ0) is 22.1. The molecule has 0 aliphatic rings. The molecule has 0 saturated heterocycles. The zero-order valence-electron chi connectivity index (χ0n) is 15.4. The number of carbonyl (C=O) groups is 1. The lowest BCUT2D eigenvalue weighted by molar-refractivity contribution is 0.103. The van der Waals surface area contributed by atoms with Gasteiger partial charge in [-0.15, -0.1) is 4.98 Å². The number of nitrogens with one attached hydrogen (secondary N) is 1. The molecule has 154 valence electrons. The largest absolute Gasteiger partial charge is 0.359 e. The Hall–Kier alpha value is -3.16. The fraction of sp³-hybridized carbons (Fsp3) is 0.158. The Morgan fingerprint density at radius 3 is 2.67 bits per heavy atom. The molecule has 2 aromatic carbocycles. The Bertz CT molecular complexity index is 1320. The third-order valence-corrected chi connectivity index (χ3v) is 5.90. The number of halogens is 3. The number of fused-ring (bicyclic) bond motifs is 1. The Labute approximate surface area is 175 Å². The van der Waals surface area contributed by atoms with Crippen molar-refractivity contribution in [3.8, 4) is 0 Å². The van der Waals surface area contributed by atoms with Crippen molar-refractivity contribution >= 4 is 49.9 Å². The van der Waals surface area contributed by atoms with Crippen LogP contribution in [0, 0.1) is 18.2 Å². The van der Waals surface area contributed by atoms with Gasteiger partial charge in [-0.1, -0.05) is 25.1 Å². The van der Waals surface area contributed by atoms with Crippen molar-refractivity contribution in [2.24, 2.45) is 0 Å².